The van der Waals surface area contributed by atoms with Crippen LogP contribution in [-0.4, -0.2) is 41.6 Å². The summed E-state index contributed by atoms with van der Waals surface area (Å²) < 4.78 is 15.6. The molecule has 0 spiro atoms. The number of epoxide rings is 1. The van der Waals surface area contributed by atoms with Crippen LogP contribution in [-0.2, 0) is 28.6 Å². The van der Waals surface area contributed by atoms with Crippen LogP contribution >= 0.6 is 0 Å². The summed E-state index contributed by atoms with van der Waals surface area (Å²) in [6.07, 6.45) is 0.250. The highest BCUT2D eigenvalue weighted by Crippen LogP contribution is 2.46. The lowest BCUT2D eigenvalue weighted by atomic mass is 9.89. The second-order valence-corrected chi connectivity index (χ2v) is 7.02. The zero-order valence-corrected chi connectivity index (χ0v) is 15.4. The van der Waals surface area contributed by atoms with E-state index in [1.807, 2.05) is 27.7 Å². The largest absolute Gasteiger partial charge is 0.457 e. The van der Waals surface area contributed by atoms with Crippen LogP contribution < -0.4 is 0 Å². The molecule has 0 atom stereocenters. The van der Waals surface area contributed by atoms with Gasteiger partial charge in [-0.05, 0) is 55.4 Å². The third-order valence-electron chi connectivity index (χ3n) is 4.28. The fourth-order valence-electron chi connectivity index (χ4n) is 1.34. The van der Waals surface area contributed by atoms with E-state index in [1.54, 1.807) is 7.11 Å². The van der Waals surface area contributed by atoms with Crippen LogP contribution in [0.2, 0.25) is 0 Å². The van der Waals surface area contributed by atoms with Crippen LogP contribution in [0.25, 0.3) is 0 Å². The van der Waals surface area contributed by atoms with Gasteiger partial charge >= 0.3 is 12.1 Å². The Morgan fingerprint density at radius 3 is 1.36 bits per heavy atom. The molecule has 0 unspecified atom stereocenters. The summed E-state index contributed by atoms with van der Waals surface area (Å²) in [6.45, 7) is 17.2. The zero-order valence-electron chi connectivity index (χ0n) is 15.4. The predicted octanol–water partition coefficient (Wildman–Crippen LogP) is 2.74. The van der Waals surface area contributed by atoms with E-state index in [0.717, 1.165) is 0 Å². The molecule has 0 bridgehead atoms. The zero-order chi connectivity index (χ0) is 18.4. The summed E-state index contributed by atoms with van der Waals surface area (Å²) in [5, 5.41) is 0. The molecule has 6 nitrogen and oxygen atoms in total. The first-order valence-electron chi connectivity index (χ1n) is 7.04. The summed E-state index contributed by atoms with van der Waals surface area (Å²) in [7, 11) is 1.60. The van der Waals surface area contributed by atoms with Gasteiger partial charge in [0.2, 0.25) is 0 Å². The first kappa shape index (κ1) is 23.0. The molecule has 0 amide bonds. The van der Waals surface area contributed by atoms with Crippen LogP contribution in [0.5, 0.6) is 0 Å². The Morgan fingerprint density at radius 1 is 0.955 bits per heavy atom. The van der Waals surface area contributed by atoms with Crippen LogP contribution in [0, 0.1) is 0 Å². The Labute approximate surface area is 133 Å². The summed E-state index contributed by atoms with van der Waals surface area (Å²) in [6, 6.07) is 0. The van der Waals surface area contributed by atoms with Crippen LogP contribution in [0.1, 0.15) is 62.3 Å². The first-order valence-corrected chi connectivity index (χ1v) is 7.04. The van der Waals surface area contributed by atoms with Crippen molar-refractivity contribution in [1.29, 1.82) is 0 Å². The topological polar surface area (TPSA) is 82.2 Å². The lowest BCUT2D eigenvalue weighted by molar-refractivity contribution is -0.191. The molecule has 0 aliphatic carbocycles. The van der Waals surface area contributed by atoms with E-state index in [2.05, 4.69) is 27.7 Å². The summed E-state index contributed by atoms with van der Waals surface area (Å²) in [5.74, 6) is -0.287. The highest BCUT2D eigenvalue weighted by atomic mass is 16.6. The normalized spacial score (nSPS) is 17.7. The molecular formula is C16H30O6. The van der Waals surface area contributed by atoms with E-state index in [-0.39, 0.29) is 23.3 Å². The highest BCUT2D eigenvalue weighted by Gasteiger charge is 2.55. The molecule has 1 rings (SSSR count). The Balaban J connectivity index is 0. The number of carbonyl (C=O) groups is 1. The van der Waals surface area contributed by atoms with Crippen molar-refractivity contribution in [1.82, 2.24) is 0 Å². The Hall–Kier alpha value is -1.23. The maximum Gasteiger partial charge on any atom is 0.373 e. The van der Waals surface area contributed by atoms with E-state index in [0.29, 0.717) is 0 Å². The summed E-state index contributed by atoms with van der Waals surface area (Å²) in [4.78, 5) is 27.0. The monoisotopic (exact) mass is 318 g/mol. The fraction of sp³-hybridized carbons (Fsp3) is 0.875. The van der Waals surface area contributed by atoms with Gasteiger partial charge < -0.3 is 14.2 Å². The summed E-state index contributed by atoms with van der Waals surface area (Å²) in [5.41, 5.74) is -0.785. The lowest BCUT2D eigenvalue weighted by Gasteiger charge is -2.39. The molecule has 22 heavy (non-hydrogen) atoms. The summed E-state index contributed by atoms with van der Waals surface area (Å²) >= 11 is 0. The molecule has 6 heteroatoms. The molecule has 0 N–H and O–H groups in total. The van der Waals surface area contributed by atoms with E-state index in [4.69, 9.17) is 23.8 Å². The van der Waals surface area contributed by atoms with Crippen molar-refractivity contribution in [2.75, 3.05) is 7.11 Å². The van der Waals surface area contributed by atoms with Gasteiger partial charge in [0.05, 0.1) is 11.2 Å². The maximum absolute atomic E-state index is 10.7. The molecular weight excluding hydrogens is 288 g/mol. The van der Waals surface area contributed by atoms with Gasteiger partial charge in [-0.2, -0.15) is 9.59 Å². The van der Waals surface area contributed by atoms with Gasteiger partial charge in [-0.3, -0.25) is 4.79 Å². The highest BCUT2D eigenvalue weighted by molar-refractivity contribution is 5.66. The van der Waals surface area contributed by atoms with Crippen LogP contribution in [0.3, 0.4) is 0 Å². The van der Waals surface area contributed by atoms with Gasteiger partial charge in [0, 0.05) is 14.0 Å². The van der Waals surface area contributed by atoms with Crippen LogP contribution in [0.15, 0.2) is 0 Å². The molecule has 1 aliphatic heterocycles. The van der Waals surface area contributed by atoms with Crippen molar-refractivity contribution in [3.05, 3.63) is 0 Å². The molecule has 130 valence electrons. The molecule has 1 heterocycles. The van der Waals surface area contributed by atoms with Gasteiger partial charge in [-0.15, -0.1) is 0 Å². The Morgan fingerprint density at radius 2 is 1.23 bits per heavy atom. The van der Waals surface area contributed by atoms with Crippen molar-refractivity contribution >= 4 is 12.1 Å². The van der Waals surface area contributed by atoms with Crippen LogP contribution in [0.4, 0.5) is 0 Å². The fourth-order valence-corrected chi connectivity index (χ4v) is 1.34. The van der Waals surface area contributed by atoms with Gasteiger partial charge in [-0.1, -0.05) is 0 Å². The molecule has 0 saturated carbocycles. The molecule has 0 aromatic heterocycles. The molecule has 1 fully saturated rings. The van der Waals surface area contributed by atoms with Crippen molar-refractivity contribution in [3.63, 3.8) is 0 Å². The molecule has 0 aromatic rings. The number of hydrogen-bond donors (Lipinski definition) is 0. The lowest BCUT2D eigenvalue weighted by Crippen LogP contribution is -2.49. The third-order valence-corrected chi connectivity index (χ3v) is 4.28. The van der Waals surface area contributed by atoms with E-state index < -0.39 is 11.2 Å². The second-order valence-electron chi connectivity index (χ2n) is 7.02. The van der Waals surface area contributed by atoms with Gasteiger partial charge in [0.1, 0.15) is 11.2 Å². The third kappa shape index (κ3) is 7.16. The Bertz CT molecular complexity index is 389. The van der Waals surface area contributed by atoms with Crippen molar-refractivity contribution < 1.29 is 28.6 Å². The SMILES string of the molecule is CC1(C)OC1(C)C.COC(C)(C)C(C)(C)OC(C)=O.O=C=O. The van der Waals surface area contributed by atoms with E-state index in [1.165, 1.54) is 6.92 Å². The number of carbonyl (C=O) groups excluding carboxylic acids is 3. The molecule has 0 radical (unpaired) electrons. The van der Waals surface area contributed by atoms with Gasteiger partial charge in [-0.25, -0.2) is 0 Å². The predicted molar refractivity (Wildman–Crippen MR) is 81.2 cm³/mol. The minimum atomic E-state index is -0.604. The quantitative estimate of drug-likeness (QED) is 0.588. The minimum absolute atomic E-state index is 0.146. The van der Waals surface area contributed by atoms with Gasteiger partial charge in [0.15, 0.2) is 0 Å². The second kappa shape index (κ2) is 7.86. The van der Waals surface area contributed by atoms with E-state index in [9.17, 15) is 4.79 Å². The average Bonchev–Trinajstić information content (AvgIpc) is 2.74. The molecule has 1 aliphatic rings. The minimum Gasteiger partial charge on any atom is -0.457 e. The number of ether oxygens (including phenoxy) is 3. The van der Waals surface area contributed by atoms with Crippen molar-refractivity contribution in [3.8, 4) is 0 Å². The molecule has 1 saturated heterocycles. The van der Waals surface area contributed by atoms with Gasteiger partial charge in [0.25, 0.3) is 0 Å². The number of methoxy groups -OCH3 is 1. The maximum atomic E-state index is 10.7. The van der Waals surface area contributed by atoms with E-state index >= 15 is 0 Å². The standard InChI is InChI=1S/C9H18O3.C6H12O.CO2/c1-7(10)12-9(4,5)8(2,3)11-6;1-5(2)6(3,4)7-5;2-1-3/h1-6H3;1-4H3;. The molecule has 0 aromatic carbocycles. The van der Waals surface area contributed by atoms with Crippen molar-refractivity contribution in [2.24, 2.45) is 0 Å². The Kier molecular flexibility index (Phi) is 8.23. The average molecular weight is 318 g/mol. The number of esters is 1. The van der Waals surface area contributed by atoms with Crippen molar-refractivity contribution in [2.45, 2.75) is 84.7 Å². The number of hydrogen-bond acceptors (Lipinski definition) is 6. The first-order chi connectivity index (χ1) is 9.60. The number of rotatable bonds is 3. The smallest absolute Gasteiger partial charge is 0.373 e.